The zero-order valence-electron chi connectivity index (χ0n) is 21.0. The number of nitrogens with zero attached hydrogens (tertiary/aromatic N) is 3. The molecule has 1 fully saturated rings. The van der Waals surface area contributed by atoms with Gasteiger partial charge in [-0.15, -0.1) is 0 Å². The Bertz CT molecular complexity index is 1490. The van der Waals surface area contributed by atoms with Crippen molar-refractivity contribution < 1.29 is 32.3 Å². The third-order valence-corrected chi connectivity index (χ3v) is 8.09. The Morgan fingerprint density at radius 2 is 1.95 bits per heavy atom. The van der Waals surface area contributed by atoms with Crippen LogP contribution in [0.1, 0.15) is 47.1 Å². The van der Waals surface area contributed by atoms with Gasteiger partial charge in [0.05, 0.1) is 4.90 Å². The quantitative estimate of drug-likeness (QED) is 0.434. The summed E-state index contributed by atoms with van der Waals surface area (Å²) in [6.45, 7) is -0.105. The van der Waals surface area contributed by atoms with Crippen LogP contribution >= 0.6 is 0 Å². The molecule has 2 aliphatic heterocycles. The fourth-order valence-electron chi connectivity index (χ4n) is 5.04. The number of amides is 3. The molecule has 2 aromatic rings. The van der Waals surface area contributed by atoms with E-state index in [0.29, 0.717) is 12.8 Å². The van der Waals surface area contributed by atoms with E-state index >= 15 is 0 Å². The lowest BCUT2D eigenvalue weighted by molar-refractivity contribution is -0.144. The topological polar surface area (TPSA) is 168 Å². The molecule has 3 heterocycles. The van der Waals surface area contributed by atoms with Crippen LogP contribution in [-0.2, 0) is 32.5 Å². The lowest BCUT2D eigenvalue weighted by atomic mass is 9.79. The molecule has 38 heavy (non-hydrogen) atoms. The number of halogens is 1. The largest absolute Gasteiger partial charge is 0.501 e. The standard InChI is InChI=1S/C24H28FN5O7S/c1-29(2)24(35)22(33)27-16-8-12-4-7-15(16)20-28-18(19(31)23(34)30(20)11-12)21(32)26-10-13-5-6-14(25)9-17(13)38(3,36)37/h5-6,9,12,15-16,31H,4,7-8,10-11H2,1-3H3,(H,26,32)(H,27,33). The van der Waals surface area contributed by atoms with Crippen LogP contribution in [0.4, 0.5) is 4.39 Å². The van der Waals surface area contributed by atoms with E-state index < -0.39 is 62.3 Å². The van der Waals surface area contributed by atoms with Gasteiger partial charge in [0, 0.05) is 45.4 Å². The van der Waals surface area contributed by atoms with Crippen molar-refractivity contribution in [1.82, 2.24) is 25.1 Å². The van der Waals surface area contributed by atoms with Crippen molar-refractivity contribution in [3.05, 3.63) is 51.5 Å². The van der Waals surface area contributed by atoms with Crippen molar-refractivity contribution in [2.45, 2.75) is 49.2 Å². The van der Waals surface area contributed by atoms with E-state index in [2.05, 4.69) is 15.6 Å². The van der Waals surface area contributed by atoms with Crippen LogP contribution < -0.4 is 16.2 Å². The first kappa shape index (κ1) is 27.2. The van der Waals surface area contributed by atoms with Crippen molar-refractivity contribution in [3.63, 3.8) is 0 Å². The highest BCUT2D eigenvalue weighted by Crippen LogP contribution is 2.40. The van der Waals surface area contributed by atoms with E-state index in [9.17, 15) is 37.1 Å². The van der Waals surface area contributed by atoms with Gasteiger partial charge in [-0.1, -0.05) is 6.07 Å². The molecule has 14 heteroatoms. The second-order valence-electron chi connectivity index (χ2n) is 9.85. The highest BCUT2D eigenvalue weighted by molar-refractivity contribution is 7.90. The number of benzene rings is 1. The summed E-state index contributed by atoms with van der Waals surface area (Å²) in [6, 6.07) is 2.59. The molecule has 204 valence electrons. The summed E-state index contributed by atoms with van der Waals surface area (Å²) in [5, 5.41) is 15.7. The molecular weight excluding hydrogens is 521 g/mol. The zero-order valence-corrected chi connectivity index (χ0v) is 21.8. The number of hydrogen-bond donors (Lipinski definition) is 3. The summed E-state index contributed by atoms with van der Waals surface area (Å²) in [5.74, 6) is -4.37. The molecule has 0 radical (unpaired) electrons. The Balaban J connectivity index is 1.64. The Hall–Kier alpha value is -3.81. The molecule has 0 spiro atoms. The van der Waals surface area contributed by atoms with E-state index in [1.54, 1.807) is 0 Å². The molecule has 3 N–H and O–H groups in total. The van der Waals surface area contributed by atoms with Gasteiger partial charge in [-0.2, -0.15) is 0 Å². The fraction of sp³-hybridized carbons (Fsp3) is 0.458. The summed E-state index contributed by atoms with van der Waals surface area (Å²) in [4.78, 5) is 55.7. The molecule has 3 unspecified atom stereocenters. The smallest absolute Gasteiger partial charge is 0.311 e. The van der Waals surface area contributed by atoms with Crippen LogP contribution in [0.2, 0.25) is 0 Å². The highest BCUT2D eigenvalue weighted by atomic mass is 32.2. The maximum Gasteiger partial charge on any atom is 0.311 e. The molecule has 12 nitrogen and oxygen atoms in total. The average molecular weight is 550 g/mol. The molecule has 3 amide bonds. The van der Waals surface area contributed by atoms with Crippen molar-refractivity contribution >= 4 is 27.6 Å². The molecule has 1 aromatic carbocycles. The van der Waals surface area contributed by atoms with E-state index in [0.717, 1.165) is 29.7 Å². The van der Waals surface area contributed by atoms with Gasteiger partial charge in [0.1, 0.15) is 11.6 Å². The zero-order chi connectivity index (χ0) is 27.9. The number of sulfone groups is 1. The molecule has 3 atom stereocenters. The minimum absolute atomic E-state index is 0.0151. The number of aromatic hydroxyl groups is 1. The molecule has 1 aliphatic carbocycles. The minimum Gasteiger partial charge on any atom is -0.501 e. The number of rotatable bonds is 5. The molecule has 3 aliphatic rings. The number of aromatic nitrogens is 2. The minimum atomic E-state index is -3.80. The first-order valence-corrected chi connectivity index (χ1v) is 13.8. The predicted octanol–water partition coefficient (Wildman–Crippen LogP) is -0.108. The van der Waals surface area contributed by atoms with Gasteiger partial charge in [0.2, 0.25) is 5.75 Å². The van der Waals surface area contributed by atoms with Gasteiger partial charge in [-0.3, -0.25) is 23.7 Å². The van der Waals surface area contributed by atoms with Crippen molar-refractivity contribution in [2.75, 3.05) is 20.4 Å². The Labute approximate surface area is 217 Å². The average Bonchev–Trinajstić information content (AvgIpc) is 3.11. The van der Waals surface area contributed by atoms with Gasteiger partial charge < -0.3 is 20.6 Å². The Kier molecular flexibility index (Phi) is 7.28. The summed E-state index contributed by atoms with van der Waals surface area (Å²) in [7, 11) is -0.896. The summed E-state index contributed by atoms with van der Waals surface area (Å²) in [5.41, 5.74) is -1.25. The molecule has 0 saturated heterocycles. The number of nitrogens with one attached hydrogen (secondary N) is 2. The molecular formula is C24H28FN5O7S. The van der Waals surface area contributed by atoms with Crippen molar-refractivity contribution in [1.29, 1.82) is 0 Å². The maximum atomic E-state index is 13.6. The number of carbonyl (C=O) groups is 3. The highest BCUT2D eigenvalue weighted by Gasteiger charge is 2.41. The summed E-state index contributed by atoms with van der Waals surface area (Å²) >= 11 is 0. The number of likely N-dealkylation sites (N-methyl/N-ethyl adjacent to an activating group) is 1. The number of fused-ring (bicyclic) bond motifs is 2. The first-order chi connectivity index (χ1) is 17.8. The van der Waals surface area contributed by atoms with Gasteiger partial charge in [-0.25, -0.2) is 17.8 Å². The molecule has 2 bridgehead atoms. The van der Waals surface area contributed by atoms with Crippen molar-refractivity contribution in [3.8, 4) is 5.75 Å². The van der Waals surface area contributed by atoms with Gasteiger partial charge in [-0.05, 0) is 42.9 Å². The molecule has 5 rings (SSSR count). The van der Waals surface area contributed by atoms with Crippen LogP contribution in [0, 0.1) is 11.7 Å². The van der Waals surface area contributed by atoms with E-state index in [-0.39, 0.29) is 35.3 Å². The second-order valence-corrected chi connectivity index (χ2v) is 11.8. The van der Waals surface area contributed by atoms with E-state index in [1.807, 2.05) is 0 Å². The van der Waals surface area contributed by atoms with Crippen LogP contribution in [0.3, 0.4) is 0 Å². The summed E-state index contributed by atoms with van der Waals surface area (Å²) in [6.07, 6.45) is 2.66. The summed E-state index contributed by atoms with van der Waals surface area (Å²) < 4.78 is 39.0. The third-order valence-electron chi connectivity index (χ3n) is 6.91. The lowest BCUT2D eigenvalue weighted by Gasteiger charge is -2.32. The van der Waals surface area contributed by atoms with Crippen LogP contribution in [0.15, 0.2) is 27.9 Å². The predicted molar refractivity (Wildman–Crippen MR) is 132 cm³/mol. The van der Waals surface area contributed by atoms with Crippen molar-refractivity contribution in [2.24, 2.45) is 5.92 Å². The molecule has 1 aromatic heterocycles. The van der Waals surface area contributed by atoms with Crippen LogP contribution in [-0.4, -0.2) is 72.1 Å². The second kappa shape index (κ2) is 10.2. The first-order valence-electron chi connectivity index (χ1n) is 11.9. The molecule has 1 saturated carbocycles. The fourth-order valence-corrected chi connectivity index (χ4v) is 5.98. The SMILES string of the molecule is CN(C)C(=O)C(=O)NC1CC2CCC1c1nc(C(=O)NCc3ccc(F)cc3S(C)(=O)=O)c(O)c(=O)n1C2. The lowest BCUT2D eigenvalue weighted by Crippen LogP contribution is -2.48. The number of hydrogen-bond acceptors (Lipinski definition) is 8. The number of carbonyl (C=O) groups excluding carboxylic acids is 3. The monoisotopic (exact) mass is 549 g/mol. The van der Waals surface area contributed by atoms with E-state index in [1.165, 1.54) is 24.7 Å². The van der Waals surface area contributed by atoms with E-state index in [4.69, 9.17) is 0 Å². The Morgan fingerprint density at radius 3 is 2.61 bits per heavy atom. The normalized spacial score (nSPS) is 20.3. The third kappa shape index (κ3) is 5.26. The Morgan fingerprint density at radius 1 is 1.24 bits per heavy atom. The van der Waals surface area contributed by atoms with Crippen LogP contribution in [0.5, 0.6) is 5.75 Å². The van der Waals surface area contributed by atoms with Gasteiger partial charge >= 0.3 is 11.8 Å². The van der Waals surface area contributed by atoms with Gasteiger partial charge in [0.25, 0.3) is 11.5 Å². The maximum absolute atomic E-state index is 13.6. The van der Waals surface area contributed by atoms with Crippen LogP contribution in [0.25, 0.3) is 0 Å². The van der Waals surface area contributed by atoms with Gasteiger partial charge in [0.15, 0.2) is 15.5 Å².